The molecule has 10 heteroatoms. The Morgan fingerprint density at radius 1 is 0.836 bits per heavy atom. The molecule has 1 aromatic carbocycles. The van der Waals surface area contributed by atoms with Gasteiger partial charge in [0.1, 0.15) is 18.3 Å². The van der Waals surface area contributed by atoms with Crippen molar-refractivity contribution in [1.29, 1.82) is 0 Å². The highest BCUT2D eigenvalue weighted by atomic mass is 16.7. The Bertz CT molecular complexity index is 1710. The summed E-state index contributed by atoms with van der Waals surface area (Å²) < 4.78 is 30.7. The van der Waals surface area contributed by atoms with E-state index in [1.54, 1.807) is 19.9 Å². The highest BCUT2D eigenvalue weighted by molar-refractivity contribution is 5.87. The standard InChI is InChI=1S/C45H62O10/c1-26(46)51-36-24-34-40(4,5)35(55-37(49)16-15-29-13-11-10-12-14-29)19-20-42(34,8)33-18-21-44-25-45(44,43(33,36)9)22-17-31(44)30-23-32(54-39(30)53-28(3)48)38(41(6,7)50)52-27(2)47/h10-16,30-36,38-39,50H,17-25H2,1-9H3. The van der Waals surface area contributed by atoms with E-state index in [0.29, 0.717) is 12.8 Å². The van der Waals surface area contributed by atoms with E-state index in [1.807, 2.05) is 30.3 Å². The molecular formula is C45H62O10. The molecule has 1 saturated heterocycles. The average Bonchev–Trinajstić information content (AvgIpc) is 3.44. The van der Waals surface area contributed by atoms with Gasteiger partial charge in [-0.05, 0) is 117 Å². The molecule has 1 aromatic rings. The fourth-order valence-corrected chi connectivity index (χ4v) is 14.1. The summed E-state index contributed by atoms with van der Waals surface area (Å²) in [5, 5.41) is 11.1. The van der Waals surface area contributed by atoms with E-state index in [9.17, 15) is 24.3 Å². The Kier molecular flexibility index (Phi) is 9.96. The van der Waals surface area contributed by atoms with Crippen molar-refractivity contribution in [2.45, 2.75) is 156 Å². The van der Waals surface area contributed by atoms with E-state index >= 15 is 0 Å². The molecule has 13 atom stereocenters. The summed E-state index contributed by atoms with van der Waals surface area (Å²) in [6.07, 6.45) is 8.15. The smallest absolute Gasteiger partial charge is 0.331 e. The fourth-order valence-electron chi connectivity index (χ4n) is 14.1. The van der Waals surface area contributed by atoms with Gasteiger partial charge in [-0.1, -0.05) is 58.0 Å². The van der Waals surface area contributed by atoms with Crippen molar-refractivity contribution in [3.05, 3.63) is 42.0 Å². The molecule has 13 unspecified atom stereocenters. The molecule has 10 nitrogen and oxygen atoms in total. The predicted octanol–water partition coefficient (Wildman–Crippen LogP) is 7.59. The number of fused-ring (bicyclic) bond motifs is 3. The average molecular weight is 763 g/mol. The van der Waals surface area contributed by atoms with E-state index in [-0.39, 0.29) is 74.9 Å². The van der Waals surface area contributed by atoms with Crippen LogP contribution < -0.4 is 0 Å². The van der Waals surface area contributed by atoms with E-state index in [0.717, 1.165) is 50.5 Å². The Morgan fingerprint density at radius 3 is 2.16 bits per heavy atom. The summed E-state index contributed by atoms with van der Waals surface area (Å²) in [5.74, 6) is -1.08. The van der Waals surface area contributed by atoms with E-state index < -0.39 is 36.0 Å². The highest BCUT2D eigenvalue weighted by Crippen LogP contribution is 2.91. The number of aliphatic hydroxyl groups is 1. The molecule has 6 fully saturated rings. The summed E-state index contributed by atoms with van der Waals surface area (Å²) in [7, 11) is 0. The minimum absolute atomic E-state index is 0.0415. The molecule has 1 heterocycles. The zero-order valence-electron chi connectivity index (χ0n) is 34.2. The van der Waals surface area contributed by atoms with Crippen LogP contribution in [0.4, 0.5) is 0 Å². The van der Waals surface area contributed by atoms with Gasteiger partial charge in [-0.15, -0.1) is 0 Å². The van der Waals surface area contributed by atoms with Crippen molar-refractivity contribution in [3.63, 3.8) is 0 Å². The number of carbonyl (C=O) groups excluding carboxylic acids is 4. The minimum Gasteiger partial charge on any atom is -0.462 e. The van der Waals surface area contributed by atoms with Crippen LogP contribution in [0.15, 0.2) is 36.4 Å². The van der Waals surface area contributed by atoms with Crippen molar-refractivity contribution in [2.75, 3.05) is 0 Å². The van der Waals surface area contributed by atoms with Gasteiger partial charge < -0.3 is 28.8 Å². The number of hydrogen-bond acceptors (Lipinski definition) is 10. The van der Waals surface area contributed by atoms with Crippen molar-refractivity contribution in [3.8, 4) is 0 Å². The Labute approximate surface area is 326 Å². The van der Waals surface area contributed by atoms with Gasteiger partial charge in [0.15, 0.2) is 6.10 Å². The molecule has 0 spiro atoms. The maximum Gasteiger partial charge on any atom is 0.331 e. The number of benzene rings is 1. The number of rotatable bonds is 9. The van der Waals surface area contributed by atoms with Gasteiger partial charge in [-0.2, -0.15) is 0 Å². The molecule has 5 saturated carbocycles. The predicted molar refractivity (Wildman–Crippen MR) is 204 cm³/mol. The third-order valence-corrected chi connectivity index (χ3v) is 16.1. The second-order valence-corrected chi connectivity index (χ2v) is 19.6. The van der Waals surface area contributed by atoms with Crippen LogP contribution in [0.3, 0.4) is 0 Å². The number of carbonyl (C=O) groups is 4. The van der Waals surface area contributed by atoms with Crippen molar-refractivity contribution in [2.24, 2.45) is 50.7 Å². The first-order valence-corrected chi connectivity index (χ1v) is 20.5. The molecule has 0 radical (unpaired) electrons. The van der Waals surface area contributed by atoms with Crippen LogP contribution in [-0.2, 0) is 42.9 Å². The van der Waals surface area contributed by atoms with Crippen molar-refractivity contribution < 1.29 is 48.0 Å². The molecule has 5 aliphatic carbocycles. The van der Waals surface area contributed by atoms with E-state index in [2.05, 4.69) is 27.7 Å². The molecule has 1 aliphatic heterocycles. The summed E-state index contributed by atoms with van der Waals surface area (Å²) in [6, 6.07) is 9.73. The summed E-state index contributed by atoms with van der Waals surface area (Å²) in [6.45, 7) is 16.8. The first-order valence-electron chi connectivity index (χ1n) is 20.5. The van der Waals surface area contributed by atoms with Gasteiger partial charge in [0, 0.05) is 43.6 Å². The Hall–Kier alpha value is -3.24. The second-order valence-electron chi connectivity index (χ2n) is 19.6. The third kappa shape index (κ3) is 6.36. The Balaban J connectivity index is 1.17. The highest BCUT2D eigenvalue weighted by Gasteiger charge is 2.86. The molecule has 0 bridgehead atoms. The number of hydrogen-bond donors (Lipinski definition) is 1. The SMILES string of the molecule is CC(=O)OC1OC(C(OC(C)=O)C(C)(C)O)CC1C1CCC23CC12CCC1C2(C)CCC(OC(=O)C=Cc4ccccc4)C(C)(C)C2CC(OC(C)=O)C13C. The van der Waals surface area contributed by atoms with Gasteiger partial charge in [-0.25, -0.2) is 4.79 Å². The first-order chi connectivity index (χ1) is 25.7. The topological polar surface area (TPSA) is 135 Å². The molecule has 6 aliphatic rings. The van der Waals surface area contributed by atoms with E-state index in [4.69, 9.17) is 23.7 Å². The van der Waals surface area contributed by atoms with Crippen LogP contribution >= 0.6 is 0 Å². The van der Waals surface area contributed by atoms with Crippen LogP contribution in [0, 0.1) is 50.7 Å². The first kappa shape index (κ1) is 40.0. The normalized spacial score (nSPS) is 41.9. The second kappa shape index (κ2) is 13.7. The lowest BCUT2D eigenvalue weighted by Crippen LogP contribution is -2.67. The molecule has 302 valence electrons. The van der Waals surface area contributed by atoms with Gasteiger partial charge in [-0.3, -0.25) is 14.4 Å². The summed E-state index contributed by atoms with van der Waals surface area (Å²) >= 11 is 0. The lowest BCUT2D eigenvalue weighted by atomic mass is 9.37. The third-order valence-electron chi connectivity index (χ3n) is 16.1. The van der Waals surface area contributed by atoms with Crippen LogP contribution in [0.2, 0.25) is 0 Å². The lowest BCUT2D eigenvalue weighted by Gasteiger charge is -2.68. The van der Waals surface area contributed by atoms with Crippen LogP contribution in [-0.4, -0.2) is 65.3 Å². The van der Waals surface area contributed by atoms with E-state index in [1.165, 1.54) is 26.8 Å². The monoisotopic (exact) mass is 762 g/mol. The molecule has 7 rings (SSSR count). The largest absolute Gasteiger partial charge is 0.462 e. The minimum atomic E-state index is -1.37. The Morgan fingerprint density at radius 2 is 1.53 bits per heavy atom. The maximum atomic E-state index is 13.2. The van der Waals surface area contributed by atoms with Gasteiger partial charge >= 0.3 is 23.9 Å². The van der Waals surface area contributed by atoms with Crippen molar-refractivity contribution in [1.82, 2.24) is 0 Å². The van der Waals surface area contributed by atoms with Crippen LogP contribution in [0.1, 0.15) is 126 Å². The molecule has 55 heavy (non-hydrogen) atoms. The molecular weight excluding hydrogens is 700 g/mol. The maximum absolute atomic E-state index is 13.2. The summed E-state index contributed by atoms with van der Waals surface area (Å²) in [5.41, 5.74) is -1.26. The fraction of sp³-hybridized carbons (Fsp3) is 0.733. The molecule has 0 amide bonds. The van der Waals surface area contributed by atoms with Crippen LogP contribution in [0.25, 0.3) is 6.08 Å². The molecule has 1 N–H and O–H groups in total. The zero-order chi connectivity index (χ0) is 39.9. The molecule has 0 aromatic heterocycles. The number of ether oxygens (including phenoxy) is 5. The van der Waals surface area contributed by atoms with Crippen molar-refractivity contribution >= 4 is 30.0 Å². The van der Waals surface area contributed by atoms with Gasteiger partial charge in [0.25, 0.3) is 0 Å². The van der Waals surface area contributed by atoms with Gasteiger partial charge in [0.2, 0.25) is 6.29 Å². The lowest BCUT2D eigenvalue weighted by molar-refractivity contribution is -0.251. The summed E-state index contributed by atoms with van der Waals surface area (Å²) in [4.78, 5) is 50.8. The van der Waals surface area contributed by atoms with Crippen LogP contribution in [0.5, 0.6) is 0 Å². The zero-order valence-corrected chi connectivity index (χ0v) is 34.2. The number of esters is 4. The van der Waals surface area contributed by atoms with Gasteiger partial charge in [0.05, 0.1) is 5.60 Å². The quantitative estimate of drug-likeness (QED) is 0.152.